The minimum atomic E-state index is -1.83. The number of rotatable bonds is 4. The Morgan fingerprint density at radius 3 is 2.64 bits per heavy atom. The molecule has 0 N–H and O–H groups in total. The molecule has 0 fully saturated rings. The van der Waals surface area contributed by atoms with Crippen molar-refractivity contribution in [3.63, 3.8) is 0 Å². The molecule has 0 aliphatic carbocycles. The van der Waals surface area contributed by atoms with Crippen LogP contribution in [0.1, 0.15) is 5.56 Å². The van der Waals surface area contributed by atoms with E-state index in [1.165, 1.54) is 5.56 Å². The molecule has 1 aromatic rings. The first kappa shape index (κ1) is 8.87. The third-order valence-corrected chi connectivity index (χ3v) is 2.48. The van der Waals surface area contributed by atoms with E-state index in [0.29, 0.717) is 6.61 Å². The minimum absolute atomic E-state index is 0.606. The Labute approximate surface area is 76.7 Å². The molecule has 0 amide bonds. The predicted molar refractivity (Wildman–Crippen MR) is 43.9 cm³/mol. The quantitative estimate of drug-likeness (QED) is 0.592. The second-order valence-electron chi connectivity index (χ2n) is 2.20. The Kier molecular flexibility index (Phi) is 4.38. The first-order valence-electron chi connectivity index (χ1n) is 3.52. The van der Waals surface area contributed by atoms with Crippen LogP contribution in [-0.2, 0) is 12.6 Å². The van der Waals surface area contributed by atoms with Crippen LogP contribution in [0, 0.1) is 0 Å². The summed E-state index contributed by atoms with van der Waals surface area (Å²) in [6.07, 6.45) is 0.870. The summed E-state index contributed by atoms with van der Waals surface area (Å²) in [5.74, 6) is 0. The molecule has 0 aliphatic heterocycles. The molecular weight excluding hydrogens is 247 g/mol. The van der Waals surface area contributed by atoms with Crippen molar-refractivity contribution in [3.05, 3.63) is 35.9 Å². The van der Waals surface area contributed by atoms with Gasteiger partial charge in [-0.1, -0.05) is 0 Å². The van der Waals surface area contributed by atoms with Gasteiger partial charge in [0.15, 0.2) is 0 Å². The van der Waals surface area contributed by atoms with Crippen molar-refractivity contribution in [2.45, 2.75) is 6.42 Å². The molecule has 0 bridgehead atoms. The first-order valence-corrected chi connectivity index (χ1v) is 6.22. The van der Waals surface area contributed by atoms with Crippen molar-refractivity contribution in [2.24, 2.45) is 0 Å². The van der Waals surface area contributed by atoms with E-state index in [-0.39, 0.29) is 0 Å². The topological polar surface area (TPSA) is 26.3 Å². The second-order valence-corrected chi connectivity index (χ2v) is 3.70. The van der Waals surface area contributed by atoms with Gasteiger partial charge in [-0.3, -0.25) is 0 Å². The van der Waals surface area contributed by atoms with Crippen LogP contribution in [0.25, 0.3) is 0 Å². The second kappa shape index (κ2) is 5.43. The van der Waals surface area contributed by atoms with Gasteiger partial charge in [0.2, 0.25) is 0 Å². The molecule has 0 unspecified atom stereocenters. The SMILES string of the molecule is [O]=[SnH][O]CCc1ccccc1. The van der Waals surface area contributed by atoms with Crippen LogP contribution in [0.3, 0.4) is 0 Å². The van der Waals surface area contributed by atoms with E-state index in [9.17, 15) is 3.08 Å². The molecule has 2 nitrogen and oxygen atoms in total. The maximum absolute atomic E-state index is 10.1. The number of benzene rings is 1. The van der Waals surface area contributed by atoms with Gasteiger partial charge in [0.1, 0.15) is 0 Å². The molecule has 0 radical (unpaired) electrons. The third kappa shape index (κ3) is 3.62. The molecule has 0 spiro atoms. The standard InChI is InChI=1S/C8H9O.O.Sn.H/c9-7-6-8-4-2-1-3-5-8;;;/h1-5H,6-7H2;;;/q-1;;+1;. The zero-order valence-corrected chi connectivity index (χ0v) is 9.49. The summed E-state index contributed by atoms with van der Waals surface area (Å²) >= 11 is -1.83. The Morgan fingerprint density at radius 2 is 2.00 bits per heavy atom. The predicted octanol–water partition coefficient (Wildman–Crippen LogP) is 0.943. The van der Waals surface area contributed by atoms with E-state index in [0.717, 1.165) is 6.42 Å². The van der Waals surface area contributed by atoms with Crippen LogP contribution >= 0.6 is 0 Å². The fourth-order valence-corrected chi connectivity index (χ4v) is 1.48. The van der Waals surface area contributed by atoms with E-state index in [2.05, 4.69) is 0 Å². The van der Waals surface area contributed by atoms with Gasteiger partial charge in [-0.2, -0.15) is 0 Å². The Morgan fingerprint density at radius 1 is 1.27 bits per heavy atom. The van der Waals surface area contributed by atoms with Crippen LogP contribution in [0.5, 0.6) is 0 Å². The summed E-state index contributed by atoms with van der Waals surface area (Å²) in [4.78, 5) is 0. The fourth-order valence-electron chi connectivity index (χ4n) is 0.870. The number of hydrogen-bond acceptors (Lipinski definition) is 2. The summed E-state index contributed by atoms with van der Waals surface area (Å²) in [6.45, 7) is 0.606. The molecule has 1 rings (SSSR count). The van der Waals surface area contributed by atoms with Crippen LogP contribution in [-0.4, -0.2) is 28.1 Å². The summed E-state index contributed by atoms with van der Waals surface area (Å²) in [6, 6.07) is 10.1. The molecule has 0 aliphatic rings. The van der Waals surface area contributed by atoms with Crippen LogP contribution in [0.4, 0.5) is 0 Å². The van der Waals surface area contributed by atoms with E-state index < -0.39 is 21.5 Å². The normalized spacial score (nSPS) is 9.45. The Bertz CT molecular complexity index is 211. The van der Waals surface area contributed by atoms with Crippen LogP contribution < -0.4 is 0 Å². The summed E-state index contributed by atoms with van der Waals surface area (Å²) in [7, 11) is 0. The summed E-state index contributed by atoms with van der Waals surface area (Å²) in [5.41, 5.74) is 1.24. The molecule has 0 aromatic heterocycles. The summed E-state index contributed by atoms with van der Waals surface area (Å²) in [5, 5.41) is 0. The van der Waals surface area contributed by atoms with E-state index in [1.807, 2.05) is 30.3 Å². The van der Waals surface area contributed by atoms with Gasteiger partial charge in [-0.25, -0.2) is 0 Å². The van der Waals surface area contributed by atoms with E-state index >= 15 is 0 Å². The van der Waals surface area contributed by atoms with Gasteiger partial charge in [0, 0.05) is 0 Å². The first-order chi connectivity index (χ1) is 5.43. The van der Waals surface area contributed by atoms with Gasteiger partial charge < -0.3 is 0 Å². The van der Waals surface area contributed by atoms with Gasteiger partial charge in [-0.15, -0.1) is 0 Å². The molecule has 0 saturated carbocycles. The van der Waals surface area contributed by atoms with Gasteiger partial charge in [0.25, 0.3) is 0 Å². The van der Waals surface area contributed by atoms with E-state index in [4.69, 9.17) is 3.07 Å². The molecule has 0 atom stereocenters. The molecule has 58 valence electrons. The Hall–Kier alpha value is -0.221. The van der Waals surface area contributed by atoms with Crippen LogP contribution in [0.2, 0.25) is 0 Å². The van der Waals surface area contributed by atoms with Gasteiger partial charge >= 0.3 is 76.6 Å². The van der Waals surface area contributed by atoms with Crippen molar-refractivity contribution < 1.29 is 6.15 Å². The molecule has 0 saturated heterocycles. The van der Waals surface area contributed by atoms with Crippen molar-refractivity contribution in [2.75, 3.05) is 6.61 Å². The van der Waals surface area contributed by atoms with Gasteiger partial charge in [-0.05, 0) is 0 Å². The monoisotopic (exact) mass is 258 g/mol. The third-order valence-electron chi connectivity index (χ3n) is 1.42. The molecular formula is C8H10O2Sn. The molecule has 0 heterocycles. The number of hydrogen-bond donors (Lipinski definition) is 0. The van der Waals surface area contributed by atoms with Crippen LogP contribution in [0.15, 0.2) is 30.3 Å². The zero-order valence-electron chi connectivity index (χ0n) is 6.19. The molecule has 1 aromatic carbocycles. The van der Waals surface area contributed by atoms with Crippen molar-refractivity contribution >= 4 is 21.5 Å². The maximum atomic E-state index is 10.1. The van der Waals surface area contributed by atoms with Gasteiger partial charge in [0.05, 0.1) is 0 Å². The van der Waals surface area contributed by atoms with Crippen molar-refractivity contribution in [1.29, 1.82) is 0 Å². The molecule has 11 heavy (non-hydrogen) atoms. The summed E-state index contributed by atoms with van der Waals surface area (Å²) < 4.78 is 15.0. The average molecular weight is 257 g/mol. The van der Waals surface area contributed by atoms with Crippen molar-refractivity contribution in [1.82, 2.24) is 0 Å². The zero-order chi connectivity index (χ0) is 7.94. The van der Waals surface area contributed by atoms with E-state index in [1.54, 1.807) is 0 Å². The fraction of sp³-hybridized carbons (Fsp3) is 0.250. The Balaban J connectivity index is 2.33. The average Bonchev–Trinajstić information content (AvgIpc) is 2.07. The molecule has 3 heteroatoms. The van der Waals surface area contributed by atoms with Crippen molar-refractivity contribution in [3.8, 4) is 0 Å².